The second-order valence-electron chi connectivity index (χ2n) is 2.60. The number of carbonyl (C=O) groups excluding carboxylic acids is 1. The zero-order valence-corrected chi connectivity index (χ0v) is 7.50. The van der Waals surface area contributed by atoms with E-state index in [1.165, 1.54) is 0 Å². The first-order valence-corrected chi connectivity index (χ1v) is 4.03. The van der Waals surface area contributed by atoms with Crippen molar-refractivity contribution in [1.82, 2.24) is 0 Å². The van der Waals surface area contributed by atoms with E-state index in [2.05, 4.69) is 11.2 Å². The molecule has 0 amide bonds. The molecule has 1 aromatic rings. The zero-order chi connectivity index (χ0) is 9.68. The molecule has 1 aromatic carbocycles. The molecule has 2 nitrogen and oxygen atoms in total. The minimum Gasteiger partial charge on any atom is -0.388 e. The monoisotopic (exact) mass is 173 g/mol. The van der Waals surface area contributed by atoms with Gasteiger partial charge < -0.3 is 10.1 Å². The minimum atomic E-state index is 0.358. The van der Waals surface area contributed by atoms with Crippen LogP contribution in [0.2, 0.25) is 0 Å². The number of terminal acetylenes is 1. The van der Waals surface area contributed by atoms with Crippen LogP contribution in [0.25, 0.3) is 0 Å². The Bertz CT molecular complexity index is 350. The Morgan fingerprint density at radius 3 is 2.92 bits per heavy atom. The van der Waals surface area contributed by atoms with Crippen molar-refractivity contribution in [3.05, 3.63) is 29.3 Å². The van der Waals surface area contributed by atoms with Crippen LogP contribution in [-0.4, -0.2) is 13.3 Å². The molecule has 0 aliphatic heterocycles. The van der Waals surface area contributed by atoms with Gasteiger partial charge in [-0.1, -0.05) is 12.0 Å². The quantitative estimate of drug-likeness (QED) is 0.553. The van der Waals surface area contributed by atoms with Gasteiger partial charge in [0.05, 0.1) is 0 Å². The van der Waals surface area contributed by atoms with Gasteiger partial charge in [-0.2, -0.15) is 0 Å². The van der Waals surface area contributed by atoms with Crippen molar-refractivity contribution in [2.75, 3.05) is 12.4 Å². The Hall–Kier alpha value is -1.75. The van der Waals surface area contributed by atoms with Gasteiger partial charge in [-0.05, 0) is 17.7 Å². The lowest BCUT2D eigenvalue weighted by atomic mass is 10.0. The van der Waals surface area contributed by atoms with Gasteiger partial charge in [0.2, 0.25) is 0 Å². The predicted octanol–water partition coefficient (Wildman–Crippen LogP) is 1.45. The molecule has 0 aromatic heterocycles. The van der Waals surface area contributed by atoms with Gasteiger partial charge in [-0.3, -0.25) is 0 Å². The van der Waals surface area contributed by atoms with Crippen LogP contribution in [0.15, 0.2) is 18.2 Å². The summed E-state index contributed by atoms with van der Waals surface area (Å²) in [6, 6.07) is 5.61. The maximum Gasteiger partial charge on any atom is 0.124 e. The van der Waals surface area contributed by atoms with Gasteiger partial charge in [0, 0.05) is 24.7 Å². The molecule has 2 heteroatoms. The molecule has 1 rings (SSSR count). The second kappa shape index (κ2) is 4.32. The minimum absolute atomic E-state index is 0.358. The number of carbonyl (C=O) groups is 1. The van der Waals surface area contributed by atoms with Gasteiger partial charge >= 0.3 is 0 Å². The van der Waals surface area contributed by atoms with Gasteiger partial charge in [0.1, 0.15) is 6.29 Å². The number of hydrogen-bond acceptors (Lipinski definition) is 2. The highest BCUT2D eigenvalue weighted by atomic mass is 16.1. The smallest absolute Gasteiger partial charge is 0.124 e. The highest BCUT2D eigenvalue weighted by molar-refractivity contribution is 5.67. The highest BCUT2D eigenvalue weighted by Crippen LogP contribution is 2.18. The number of nitrogens with one attached hydrogen (secondary N) is 1. The maximum atomic E-state index is 10.4. The van der Waals surface area contributed by atoms with E-state index >= 15 is 0 Å². The van der Waals surface area contributed by atoms with Gasteiger partial charge in [0.15, 0.2) is 0 Å². The summed E-state index contributed by atoms with van der Waals surface area (Å²) in [7, 11) is 1.81. The normalized spacial score (nSPS) is 8.92. The Morgan fingerprint density at radius 1 is 1.62 bits per heavy atom. The zero-order valence-electron chi connectivity index (χ0n) is 7.50. The summed E-state index contributed by atoms with van der Waals surface area (Å²) in [5, 5.41) is 3.00. The fourth-order valence-electron chi connectivity index (χ4n) is 1.26. The highest BCUT2D eigenvalue weighted by Gasteiger charge is 2.04. The summed E-state index contributed by atoms with van der Waals surface area (Å²) in [6.07, 6.45) is 6.53. The van der Waals surface area contributed by atoms with E-state index in [4.69, 9.17) is 6.42 Å². The Kier molecular flexibility index (Phi) is 3.10. The summed E-state index contributed by atoms with van der Waals surface area (Å²) in [5.74, 6) is 2.56. The van der Waals surface area contributed by atoms with E-state index in [1.807, 2.05) is 25.2 Å². The summed E-state index contributed by atoms with van der Waals surface area (Å²) in [4.78, 5) is 10.4. The van der Waals surface area contributed by atoms with E-state index in [9.17, 15) is 4.79 Å². The van der Waals surface area contributed by atoms with Crippen molar-refractivity contribution in [2.45, 2.75) is 6.42 Å². The van der Waals surface area contributed by atoms with E-state index in [0.29, 0.717) is 6.42 Å². The van der Waals surface area contributed by atoms with Gasteiger partial charge in [-0.25, -0.2) is 0 Å². The number of hydrogen-bond donors (Lipinski definition) is 1. The summed E-state index contributed by atoms with van der Waals surface area (Å²) in [6.45, 7) is 0. The first-order valence-electron chi connectivity index (χ1n) is 4.03. The van der Waals surface area contributed by atoms with Gasteiger partial charge in [-0.15, -0.1) is 6.42 Å². The second-order valence-corrected chi connectivity index (χ2v) is 2.60. The molecule has 66 valence electrons. The molecule has 0 bridgehead atoms. The van der Waals surface area contributed by atoms with Crippen LogP contribution in [0.3, 0.4) is 0 Å². The van der Waals surface area contributed by atoms with E-state index in [1.54, 1.807) is 0 Å². The average molecular weight is 173 g/mol. The van der Waals surface area contributed by atoms with Gasteiger partial charge in [0.25, 0.3) is 0 Å². The molecular weight excluding hydrogens is 162 g/mol. The first-order chi connectivity index (χ1) is 6.33. The number of benzene rings is 1. The lowest BCUT2D eigenvalue weighted by molar-refractivity contribution is -0.107. The largest absolute Gasteiger partial charge is 0.388 e. The van der Waals surface area contributed by atoms with Crippen molar-refractivity contribution in [3.63, 3.8) is 0 Å². The fraction of sp³-hybridized carbons (Fsp3) is 0.182. The third-order valence-electron chi connectivity index (χ3n) is 1.89. The SMILES string of the molecule is C#Cc1cccc(NC)c1CC=O. The number of aldehydes is 1. The van der Waals surface area contributed by atoms with Crippen LogP contribution in [0.1, 0.15) is 11.1 Å². The third kappa shape index (κ3) is 1.88. The van der Waals surface area contributed by atoms with E-state index in [0.717, 1.165) is 23.1 Å². The first kappa shape index (κ1) is 9.34. The van der Waals surface area contributed by atoms with Crippen LogP contribution in [0.4, 0.5) is 5.69 Å². The molecule has 0 radical (unpaired) electrons. The fourth-order valence-corrected chi connectivity index (χ4v) is 1.26. The number of anilines is 1. The van der Waals surface area contributed by atoms with Crippen LogP contribution >= 0.6 is 0 Å². The summed E-state index contributed by atoms with van der Waals surface area (Å²) >= 11 is 0. The lowest BCUT2D eigenvalue weighted by Gasteiger charge is -2.08. The van der Waals surface area contributed by atoms with Crippen LogP contribution in [0.5, 0.6) is 0 Å². The molecule has 1 N–H and O–H groups in total. The van der Waals surface area contributed by atoms with E-state index in [-0.39, 0.29) is 0 Å². The predicted molar refractivity (Wildman–Crippen MR) is 53.7 cm³/mol. The molecular formula is C11H11NO. The summed E-state index contributed by atoms with van der Waals surface area (Å²) < 4.78 is 0. The molecule has 0 saturated carbocycles. The van der Waals surface area contributed by atoms with E-state index < -0.39 is 0 Å². The third-order valence-corrected chi connectivity index (χ3v) is 1.89. The molecule has 13 heavy (non-hydrogen) atoms. The molecule has 0 aliphatic carbocycles. The lowest BCUT2D eigenvalue weighted by Crippen LogP contribution is -1.99. The van der Waals surface area contributed by atoms with Crippen molar-refractivity contribution in [1.29, 1.82) is 0 Å². The Labute approximate surface area is 78.0 Å². The molecule has 0 spiro atoms. The molecule has 0 heterocycles. The molecule has 0 aliphatic rings. The van der Waals surface area contributed by atoms with Crippen molar-refractivity contribution < 1.29 is 4.79 Å². The number of rotatable bonds is 3. The molecule has 0 fully saturated rings. The van der Waals surface area contributed by atoms with Crippen LogP contribution < -0.4 is 5.32 Å². The van der Waals surface area contributed by atoms with Crippen molar-refractivity contribution in [3.8, 4) is 12.3 Å². The average Bonchev–Trinajstić information content (AvgIpc) is 2.18. The summed E-state index contributed by atoms with van der Waals surface area (Å²) in [5.41, 5.74) is 2.59. The standard InChI is InChI=1S/C11H11NO/c1-3-9-5-4-6-11(12-2)10(9)7-8-13/h1,4-6,8,12H,7H2,2H3. The molecule has 0 saturated heterocycles. The van der Waals surface area contributed by atoms with Crippen LogP contribution in [-0.2, 0) is 11.2 Å². The molecule has 0 atom stereocenters. The van der Waals surface area contributed by atoms with Crippen molar-refractivity contribution in [2.24, 2.45) is 0 Å². The maximum absolute atomic E-state index is 10.4. The van der Waals surface area contributed by atoms with Crippen molar-refractivity contribution >= 4 is 12.0 Å². The van der Waals surface area contributed by atoms with Crippen LogP contribution in [0, 0.1) is 12.3 Å². The Balaban J connectivity index is 3.22. The topological polar surface area (TPSA) is 29.1 Å². The Morgan fingerprint density at radius 2 is 2.38 bits per heavy atom. The molecule has 0 unspecified atom stereocenters.